The molecule has 0 aliphatic heterocycles. The first-order valence-corrected chi connectivity index (χ1v) is 7.64. The number of furan rings is 1. The maximum atomic E-state index is 12.3. The Kier molecular flexibility index (Phi) is 4.57. The second-order valence-corrected chi connectivity index (χ2v) is 5.49. The van der Waals surface area contributed by atoms with Gasteiger partial charge in [-0.1, -0.05) is 18.2 Å². The summed E-state index contributed by atoms with van der Waals surface area (Å²) in [6.07, 6.45) is 0. The molecule has 0 bridgehead atoms. The van der Waals surface area contributed by atoms with Crippen LogP contribution in [0.4, 0.5) is 10.5 Å². The Balaban J connectivity index is 1.95. The van der Waals surface area contributed by atoms with Crippen molar-refractivity contribution in [3.8, 4) is 5.75 Å². The van der Waals surface area contributed by atoms with Crippen molar-refractivity contribution in [2.75, 3.05) is 39.7 Å². The highest BCUT2D eigenvalue weighted by molar-refractivity contribution is 6.07. The van der Waals surface area contributed by atoms with E-state index in [2.05, 4.69) is 5.32 Å². The quantitative estimate of drug-likeness (QED) is 0.775. The number of nitrogens with one attached hydrogen (secondary N) is 1. The molecule has 126 valence electrons. The van der Waals surface area contributed by atoms with Crippen LogP contribution in [-0.2, 0) is 4.74 Å². The summed E-state index contributed by atoms with van der Waals surface area (Å²) in [6, 6.07) is 11.2. The number of para-hydroxylation sites is 1. The van der Waals surface area contributed by atoms with Gasteiger partial charge in [0.05, 0.1) is 19.4 Å². The number of methoxy groups -OCH3 is 2. The van der Waals surface area contributed by atoms with Gasteiger partial charge in [-0.3, -0.25) is 0 Å². The van der Waals surface area contributed by atoms with E-state index in [4.69, 9.17) is 13.9 Å². The molecule has 2 aromatic carbocycles. The Hall–Kier alpha value is -2.73. The van der Waals surface area contributed by atoms with Gasteiger partial charge in [-0.25, -0.2) is 4.79 Å². The van der Waals surface area contributed by atoms with Crippen molar-refractivity contribution in [2.24, 2.45) is 0 Å². The van der Waals surface area contributed by atoms with Gasteiger partial charge in [0.15, 0.2) is 0 Å². The average molecular weight is 328 g/mol. The second kappa shape index (κ2) is 6.80. The molecule has 1 N–H and O–H groups in total. The Labute approximate surface area is 139 Å². The molecule has 0 aliphatic carbocycles. The molecule has 3 rings (SSSR count). The van der Waals surface area contributed by atoms with Crippen LogP contribution in [0.25, 0.3) is 21.9 Å². The predicted octanol–water partition coefficient (Wildman–Crippen LogP) is 3.70. The highest BCUT2D eigenvalue weighted by Gasteiger charge is 2.15. The number of amides is 2. The maximum absolute atomic E-state index is 12.3. The number of benzene rings is 2. The fourth-order valence-electron chi connectivity index (χ4n) is 2.56. The summed E-state index contributed by atoms with van der Waals surface area (Å²) >= 11 is 0. The van der Waals surface area contributed by atoms with E-state index in [1.807, 2.05) is 30.3 Å². The fourth-order valence-corrected chi connectivity index (χ4v) is 2.56. The molecule has 0 saturated carbocycles. The van der Waals surface area contributed by atoms with Gasteiger partial charge in [0.25, 0.3) is 0 Å². The summed E-state index contributed by atoms with van der Waals surface area (Å²) in [5.41, 5.74) is 2.07. The van der Waals surface area contributed by atoms with E-state index in [1.54, 1.807) is 32.2 Å². The van der Waals surface area contributed by atoms with Crippen LogP contribution in [0, 0.1) is 0 Å². The molecule has 6 heteroatoms. The largest absolute Gasteiger partial charge is 0.495 e. The third-order valence-corrected chi connectivity index (χ3v) is 3.92. The summed E-state index contributed by atoms with van der Waals surface area (Å²) in [7, 11) is 4.89. The highest BCUT2D eigenvalue weighted by atomic mass is 16.5. The molecule has 0 saturated heterocycles. The number of likely N-dealkylation sites (N-methyl/N-ethyl adjacent to an activating group) is 1. The lowest BCUT2D eigenvalue weighted by Gasteiger charge is -2.18. The molecule has 0 fully saturated rings. The van der Waals surface area contributed by atoms with E-state index in [1.165, 1.54) is 0 Å². The van der Waals surface area contributed by atoms with Gasteiger partial charge >= 0.3 is 6.03 Å². The number of urea groups is 1. The number of anilines is 1. The van der Waals surface area contributed by atoms with Crippen LogP contribution in [0.2, 0.25) is 0 Å². The zero-order chi connectivity index (χ0) is 17.1. The molecule has 0 atom stereocenters. The van der Waals surface area contributed by atoms with Gasteiger partial charge in [-0.2, -0.15) is 0 Å². The third-order valence-electron chi connectivity index (χ3n) is 3.92. The minimum Gasteiger partial charge on any atom is -0.495 e. The Morgan fingerprint density at radius 3 is 2.71 bits per heavy atom. The zero-order valence-electron chi connectivity index (χ0n) is 14.0. The summed E-state index contributed by atoms with van der Waals surface area (Å²) in [5.74, 6) is 0.586. The van der Waals surface area contributed by atoms with E-state index in [0.29, 0.717) is 30.2 Å². The number of carbonyl (C=O) groups is 1. The van der Waals surface area contributed by atoms with E-state index in [-0.39, 0.29) is 6.03 Å². The van der Waals surface area contributed by atoms with Crippen molar-refractivity contribution < 1.29 is 18.7 Å². The molecule has 3 aromatic rings. The normalized spacial score (nSPS) is 11.0. The van der Waals surface area contributed by atoms with Gasteiger partial charge in [0, 0.05) is 37.5 Å². The summed E-state index contributed by atoms with van der Waals surface area (Å²) < 4.78 is 16.3. The van der Waals surface area contributed by atoms with Crippen LogP contribution in [0.5, 0.6) is 5.75 Å². The zero-order valence-corrected chi connectivity index (χ0v) is 14.0. The lowest BCUT2D eigenvalue weighted by atomic mass is 10.1. The van der Waals surface area contributed by atoms with Crippen molar-refractivity contribution in [3.05, 3.63) is 36.4 Å². The van der Waals surface area contributed by atoms with Crippen LogP contribution < -0.4 is 10.1 Å². The number of ether oxygens (including phenoxy) is 2. The summed E-state index contributed by atoms with van der Waals surface area (Å²) in [4.78, 5) is 13.8. The van der Waals surface area contributed by atoms with Crippen molar-refractivity contribution in [1.29, 1.82) is 0 Å². The maximum Gasteiger partial charge on any atom is 0.321 e. The molecule has 6 nitrogen and oxygen atoms in total. The van der Waals surface area contributed by atoms with Crippen LogP contribution in [-0.4, -0.2) is 45.3 Å². The molecule has 0 aliphatic rings. The van der Waals surface area contributed by atoms with Crippen LogP contribution in [0.1, 0.15) is 0 Å². The number of fused-ring (bicyclic) bond motifs is 3. The molecular formula is C18H20N2O4. The molecule has 0 radical (unpaired) electrons. The topological polar surface area (TPSA) is 63.9 Å². The molecule has 0 unspecified atom stereocenters. The number of hydrogen-bond donors (Lipinski definition) is 1. The molecular weight excluding hydrogens is 308 g/mol. The minimum absolute atomic E-state index is 0.235. The van der Waals surface area contributed by atoms with E-state index >= 15 is 0 Å². The number of rotatable bonds is 5. The second-order valence-electron chi connectivity index (χ2n) is 5.49. The number of hydrogen-bond acceptors (Lipinski definition) is 4. The Morgan fingerprint density at radius 1 is 1.17 bits per heavy atom. The van der Waals surface area contributed by atoms with Gasteiger partial charge in [0.1, 0.15) is 16.9 Å². The van der Waals surface area contributed by atoms with Gasteiger partial charge in [0.2, 0.25) is 0 Å². The summed E-state index contributed by atoms with van der Waals surface area (Å²) in [5, 5.41) is 4.82. The predicted molar refractivity (Wildman–Crippen MR) is 93.8 cm³/mol. The fraction of sp³-hybridized carbons (Fsp3) is 0.278. The molecule has 0 spiro atoms. The van der Waals surface area contributed by atoms with Crippen LogP contribution in [0.15, 0.2) is 40.8 Å². The molecule has 24 heavy (non-hydrogen) atoms. The molecule has 1 aromatic heterocycles. The SMILES string of the molecule is COCCN(C)C(=O)Nc1cc2oc3ccccc3c2cc1OC. The highest BCUT2D eigenvalue weighted by Crippen LogP contribution is 2.36. The smallest absolute Gasteiger partial charge is 0.321 e. The average Bonchev–Trinajstić information content (AvgIpc) is 2.96. The Morgan fingerprint density at radius 2 is 1.96 bits per heavy atom. The minimum atomic E-state index is -0.235. The molecule has 1 heterocycles. The lowest BCUT2D eigenvalue weighted by Crippen LogP contribution is -2.33. The summed E-state index contributed by atoms with van der Waals surface area (Å²) in [6.45, 7) is 0.973. The van der Waals surface area contributed by atoms with E-state index < -0.39 is 0 Å². The molecule has 2 amide bonds. The van der Waals surface area contributed by atoms with Crippen molar-refractivity contribution in [1.82, 2.24) is 4.90 Å². The van der Waals surface area contributed by atoms with Crippen molar-refractivity contribution >= 4 is 33.7 Å². The van der Waals surface area contributed by atoms with Gasteiger partial charge in [-0.05, 0) is 12.1 Å². The van der Waals surface area contributed by atoms with Crippen LogP contribution in [0.3, 0.4) is 0 Å². The number of carbonyl (C=O) groups excluding carboxylic acids is 1. The van der Waals surface area contributed by atoms with E-state index in [9.17, 15) is 4.79 Å². The van der Waals surface area contributed by atoms with Crippen molar-refractivity contribution in [2.45, 2.75) is 0 Å². The standard InChI is InChI=1S/C18H20N2O4/c1-20(8-9-22-2)18(21)19-14-11-16-13(10-17(14)23-3)12-6-4-5-7-15(12)24-16/h4-7,10-11H,8-9H2,1-3H3,(H,19,21). The van der Waals surface area contributed by atoms with Crippen LogP contribution >= 0.6 is 0 Å². The lowest BCUT2D eigenvalue weighted by molar-refractivity contribution is 0.165. The van der Waals surface area contributed by atoms with Crippen molar-refractivity contribution in [3.63, 3.8) is 0 Å². The first-order valence-electron chi connectivity index (χ1n) is 7.64. The van der Waals surface area contributed by atoms with E-state index in [0.717, 1.165) is 16.4 Å². The number of nitrogens with zero attached hydrogens (tertiary/aromatic N) is 1. The third kappa shape index (κ3) is 3.00. The van der Waals surface area contributed by atoms with Gasteiger partial charge < -0.3 is 24.1 Å². The first-order chi connectivity index (χ1) is 11.6. The first kappa shape index (κ1) is 16.1. The Bertz CT molecular complexity index is 872. The van der Waals surface area contributed by atoms with Gasteiger partial charge in [-0.15, -0.1) is 0 Å². The monoisotopic (exact) mass is 328 g/mol.